The van der Waals surface area contributed by atoms with Crippen molar-refractivity contribution in [3.05, 3.63) is 28.3 Å². The molecule has 1 saturated heterocycles. The van der Waals surface area contributed by atoms with E-state index in [2.05, 4.69) is 5.32 Å². The van der Waals surface area contributed by atoms with Gasteiger partial charge in [0.15, 0.2) is 0 Å². The monoisotopic (exact) mass is 380 g/mol. The molecule has 0 radical (unpaired) electrons. The molecule has 2 rings (SSSR count). The van der Waals surface area contributed by atoms with Gasteiger partial charge >= 0.3 is 0 Å². The number of piperidine rings is 1. The fraction of sp³-hybridized carbons (Fsp3) is 0.650. The van der Waals surface area contributed by atoms with Crippen LogP contribution in [0, 0.1) is 33.6 Å². The van der Waals surface area contributed by atoms with Gasteiger partial charge in [0.05, 0.1) is 4.90 Å². The maximum absolute atomic E-state index is 13.3. The third-order valence-electron chi connectivity index (χ3n) is 5.72. The number of carbonyl (C=O) groups excluding carboxylic acids is 1. The minimum atomic E-state index is -3.54. The summed E-state index contributed by atoms with van der Waals surface area (Å²) >= 11 is 0. The van der Waals surface area contributed by atoms with Gasteiger partial charge in [0.1, 0.15) is 0 Å². The van der Waals surface area contributed by atoms with Gasteiger partial charge in [-0.15, -0.1) is 0 Å². The summed E-state index contributed by atoms with van der Waals surface area (Å²) in [5.74, 6) is -0.0490. The highest BCUT2D eigenvalue weighted by Crippen LogP contribution is 2.31. The summed E-state index contributed by atoms with van der Waals surface area (Å²) in [6, 6.07) is 2.19. The van der Waals surface area contributed by atoms with E-state index >= 15 is 0 Å². The lowest BCUT2D eigenvalue weighted by molar-refractivity contribution is -0.126. The topological polar surface area (TPSA) is 66.5 Å². The maximum atomic E-state index is 13.3. The van der Waals surface area contributed by atoms with Crippen molar-refractivity contribution in [2.45, 2.75) is 71.7 Å². The molecule has 1 N–H and O–H groups in total. The van der Waals surface area contributed by atoms with E-state index in [0.29, 0.717) is 30.8 Å². The van der Waals surface area contributed by atoms with E-state index in [1.165, 1.54) is 0 Å². The smallest absolute Gasteiger partial charge is 0.243 e. The van der Waals surface area contributed by atoms with Crippen LogP contribution in [0.15, 0.2) is 11.0 Å². The summed E-state index contributed by atoms with van der Waals surface area (Å²) in [6.45, 7) is 12.5. The van der Waals surface area contributed by atoms with Crippen molar-refractivity contribution in [3.63, 3.8) is 0 Å². The highest BCUT2D eigenvalue weighted by molar-refractivity contribution is 7.89. The van der Waals surface area contributed by atoms with E-state index in [1.54, 1.807) is 4.31 Å². The minimum Gasteiger partial charge on any atom is -0.353 e. The normalized spacial score (nSPS) is 17.9. The Balaban J connectivity index is 2.18. The molecule has 1 heterocycles. The molecule has 0 aliphatic carbocycles. The Bertz CT molecular complexity index is 752. The van der Waals surface area contributed by atoms with Crippen molar-refractivity contribution in [2.24, 2.45) is 5.92 Å². The summed E-state index contributed by atoms with van der Waals surface area (Å²) in [6.07, 6.45) is 2.04. The molecule has 1 unspecified atom stereocenters. The van der Waals surface area contributed by atoms with Crippen LogP contribution in [-0.2, 0) is 14.8 Å². The zero-order chi connectivity index (χ0) is 19.6. The second-order valence-corrected chi connectivity index (χ2v) is 9.46. The highest BCUT2D eigenvalue weighted by Gasteiger charge is 2.34. The molecule has 1 aliphatic heterocycles. The van der Waals surface area contributed by atoms with Crippen molar-refractivity contribution in [1.29, 1.82) is 0 Å². The lowest BCUT2D eigenvalue weighted by Gasteiger charge is -2.32. The number of sulfonamides is 1. The van der Waals surface area contributed by atoms with E-state index in [1.807, 2.05) is 47.6 Å². The zero-order valence-electron chi connectivity index (χ0n) is 16.8. The number of rotatable bonds is 5. The van der Waals surface area contributed by atoms with Crippen molar-refractivity contribution in [3.8, 4) is 0 Å². The number of benzene rings is 1. The van der Waals surface area contributed by atoms with Crippen LogP contribution in [0.5, 0.6) is 0 Å². The zero-order valence-corrected chi connectivity index (χ0v) is 17.7. The molecule has 0 aromatic heterocycles. The predicted octanol–water partition coefficient (Wildman–Crippen LogP) is 3.24. The molecule has 146 valence electrons. The van der Waals surface area contributed by atoms with Gasteiger partial charge in [-0.25, -0.2) is 8.42 Å². The van der Waals surface area contributed by atoms with Crippen LogP contribution in [0.2, 0.25) is 0 Å². The molecule has 1 amide bonds. The van der Waals surface area contributed by atoms with Crippen molar-refractivity contribution in [1.82, 2.24) is 9.62 Å². The molecule has 1 aliphatic rings. The highest BCUT2D eigenvalue weighted by atomic mass is 32.2. The molecule has 1 atom stereocenters. The fourth-order valence-electron chi connectivity index (χ4n) is 3.52. The quantitative estimate of drug-likeness (QED) is 0.853. The van der Waals surface area contributed by atoms with Crippen LogP contribution in [0.3, 0.4) is 0 Å². The second-order valence-electron chi connectivity index (χ2n) is 7.59. The molecule has 0 spiro atoms. The summed E-state index contributed by atoms with van der Waals surface area (Å²) in [7, 11) is -3.54. The summed E-state index contributed by atoms with van der Waals surface area (Å²) in [5, 5.41) is 3.01. The van der Waals surface area contributed by atoms with Crippen LogP contribution in [0.25, 0.3) is 0 Å². The Hall–Kier alpha value is -1.40. The van der Waals surface area contributed by atoms with Gasteiger partial charge in [-0.05, 0) is 76.1 Å². The fourth-order valence-corrected chi connectivity index (χ4v) is 5.56. The molecule has 1 aromatic carbocycles. The Morgan fingerprint density at radius 1 is 1.15 bits per heavy atom. The number of carbonyl (C=O) groups is 1. The molecule has 0 saturated carbocycles. The number of nitrogens with zero attached hydrogens (tertiary/aromatic N) is 1. The third kappa shape index (κ3) is 4.12. The van der Waals surface area contributed by atoms with Gasteiger partial charge in [0.2, 0.25) is 15.9 Å². The Morgan fingerprint density at radius 2 is 1.65 bits per heavy atom. The van der Waals surface area contributed by atoms with E-state index in [-0.39, 0.29) is 17.9 Å². The second kappa shape index (κ2) is 8.09. The van der Waals surface area contributed by atoms with Gasteiger partial charge in [0, 0.05) is 25.0 Å². The Morgan fingerprint density at radius 3 is 2.12 bits per heavy atom. The molecular formula is C20H32N2O3S. The van der Waals surface area contributed by atoms with Gasteiger partial charge in [0.25, 0.3) is 0 Å². The van der Waals surface area contributed by atoms with Crippen LogP contribution in [0.4, 0.5) is 0 Å². The molecule has 26 heavy (non-hydrogen) atoms. The van der Waals surface area contributed by atoms with Crippen LogP contribution in [-0.4, -0.2) is 37.8 Å². The first kappa shape index (κ1) is 20.9. The first-order valence-electron chi connectivity index (χ1n) is 9.47. The summed E-state index contributed by atoms with van der Waals surface area (Å²) in [4.78, 5) is 12.8. The molecule has 1 fully saturated rings. The third-order valence-corrected chi connectivity index (χ3v) is 7.89. The number of aryl methyl sites for hydroxylation is 2. The van der Waals surface area contributed by atoms with Crippen molar-refractivity contribution < 1.29 is 13.2 Å². The minimum absolute atomic E-state index is 0.0511. The van der Waals surface area contributed by atoms with Crippen molar-refractivity contribution in [2.75, 3.05) is 13.1 Å². The largest absolute Gasteiger partial charge is 0.353 e. The van der Waals surface area contributed by atoms with Gasteiger partial charge in [-0.3, -0.25) is 4.79 Å². The van der Waals surface area contributed by atoms with Gasteiger partial charge in [-0.1, -0.05) is 13.0 Å². The summed E-state index contributed by atoms with van der Waals surface area (Å²) < 4.78 is 28.1. The summed E-state index contributed by atoms with van der Waals surface area (Å²) in [5.41, 5.74) is 3.64. The standard InChI is InChI=1S/C20H32N2O3S/c1-7-15(4)21-20(23)18-8-10-22(11-9-18)26(24,25)19-16(5)13(2)12-14(3)17(19)6/h12,15,18H,7-11H2,1-6H3,(H,21,23). The first-order valence-corrected chi connectivity index (χ1v) is 10.9. The maximum Gasteiger partial charge on any atom is 0.243 e. The Labute approximate surface area is 158 Å². The average molecular weight is 381 g/mol. The SMILES string of the molecule is CCC(C)NC(=O)C1CCN(S(=O)(=O)c2c(C)c(C)cc(C)c2C)CC1. The van der Waals surface area contributed by atoms with Crippen LogP contribution < -0.4 is 5.32 Å². The van der Waals surface area contributed by atoms with E-state index < -0.39 is 10.0 Å². The number of nitrogens with one attached hydrogen (secondary N) is 1. The molecule has 0 bridgehead atoms. The molecular weight excluding hydrogens is 348 g/mol. The number of hydrogen-bond acceptors (Lipinski definition) is 3. The number of amides is 1. The predicted molar refractivity (Wildman–Crippen MR) is 105 cm³/mol. The van der Waals surface area contributed by atoms with E-state index in [9.17, 15) is 13.2 Å². The van der Waals surface area contributed by atoms with Crippen LogP contribution in [0.1, 0.15) is 55.4 Å². The van der Waals surface area contributed by atoms with Gasteiger partial charge < -0.3 is 5.32 Å². The molecule has 5 nitrogen and oxygen atoms in total. The van der Waals surface area contributed by atoms with E-state index in [0.717, 1.165) is 28.7 Å². The average Bonchev–Trinajstić information content (AvgIpc) is 2.60. The van der Waals surface area contributed by atoms with Crippen molar-refractivity contribution >= 4 is 15.9 Å². The molecule has 6 heteroatoms. The molecule has 1 aromatic rings. The van der Waals surface area contributed by atoms with E-state index in [4.69, 9.17) is 0 Å². The first-order chi connectivity index (χ1) is 12.1. The van der Waals surface area contributed by atoms with Crippen LogP contribution >= 0.6 is 0 Å². The lowest BCUT2D eigenvalue weighted by atomic mass is 9.97. The number of hydrogen-bond donors (Lipinski definition) is 1. The Kier molecular flexibility index (Phi) is 6.51. The lowest BCUT2D eigenvalue weighted by Crippen LogP contribution is -2.44. The van der Waals surface area contributed by atoms with Gasteiger partial charge in [-0.2, -0.15) is 4.31 Å².